The van der Waals surface area contributed by atoms with Crippen molar-refractivity contribution >= 4 is 27.6 Å². The normalized spacial score (nSPS) is 10.3. The topological polar surface area (TPSA) is 70.1 Å². The van der Waals surface area contributed by atoms with Crippen LogP contribution in [0.2, 0.25) is 0 Å². The number of halogens is 1. The van der Waals surface area contributed by atoms with E-state index in [4.69, 9.17) is 10.5 Å². The summed E-state index contributed by atoms with van der Waals surface area (Å²) >= 11 is 3.31. The Hall–Kier alpha value is -1.82. The van der Waals surface area contributed by atoms with Gasteiger partial charge in [0.05, 0.1) is 11.9 Å². The number of hydrogen-bond donors (Lipinski definition) is 1. The van der Waals surface area contributed by atoms with Gasteiger partial charge in [0, 0.05) is 11.0 Å². The lowest BCUT2D eigenvalue weighted by Crippen LogP contribution is -2.16. The number of aromatic nitrogens is 2. The lowest BCUT2D eigenvalue weighted by atomic mass is 10.3. The summed E-state index contributed by atoms with van der Waals surface area (Å²) in [4.78, 5) is 12.0. The van der Waals surface area contributed by atoms with E-state index in [0.29, 0.717) is 18.0 Å². The van der Waals surface area contributed by atoms with Crippen LogP contribution >= 0.6 is 15.9 Å². The van der Waals surface area contributed by atoms with Crippen molar-refractivity contribution < 1.29 is 9.53 Å². The van der Waals surface area contributed by atoms with Crippen LogP contribution < -0.4 is 10.5 Å². The van der Waals surface area contributed by atoms with Crippen molar-refractivity contribution in [1.29, 1.82) is 0 Å². The number of carbonyl (C=O) groups excluding carboxylic acids is 1. The molecule has 1 aromatic heterocycles. The van der Waals surface area contributed by atoms with Crippen molar-refractivity contribution in [2.75, 3.05) is 5.73 Å². The number of anilines is 1. The smallest absolute Gasteiger partial charge is 0.364 e. The Morgan fingerprint density at radius 1 is 1.56 bits per heavy atom. The van der Waals surface area contributed by atoms with E-state index in [1.165, 1.54) is 10.9 Å². The highest BCUT2D eigenvalue weighted by Gasteiger charge is 2.18. The highest BCUT2D eigenvalue weighted by molar-refractivity contribution is 9.10. The van der Waals surface area contributed by atoms with Crippen LogP contribution in [0.15, 0.2) is 34.9 Å². The van der Waals surface area contributed by atoms with Crippen LogP contribution in [0.4, 0.5) is 5.69 Å². The van der Waals surface area contributed by atoms with E-state index in [1.807, 2.05) is 13.0 Å². The number of nitrogen functional groups attached to an aromatic ring is 1. The molecule has 2 N–H and O–H groups in total. The van der Waals surface area contributed by atoms with Gasteiger partial charge in [0.25, 0.3) is 0 Å². The predicted octanol–water partition coefficient (Wildman–Crippen LogP) is 2.47. The van der Waals surface area contributed by atoms with Gasteiger partial charge in [-0.3, -0.25) is 4.68 Å². The van der Waals surface area contributed by atoms with E-state index in [0.717, 1.165) is 4.47 Å². The first-order valence-electron chi connectivity index (χ1n) is 5.41. The molecule has 0 saturated heterocycles. The van der Waals surface area contributed by atoms with Crippen LogP contribution in [0.25, 0.3) is 0 Å². The van der Waals surface area contributed by atoms with Crippen molar-refractivity contribution in [2.45, 2.75) is 13.5 Å². The summed E-state index contributed by atoms with van der Waals surface area (Å²) in [6.07, 6.45) is 1.45. The number of rotatable bonds is 3. The molecule has 0 spiro atoms. The van der Waals surface area contributed by atoms with Gasteiger partial charge in [-0.2, -0.15) is 5.10 Å². The van der Waals surface area contributed by atoms with E-state index in [1.54, 1.807) is 18.2 Å². The first kappa shape index (κ1) is 12.6. The molecular weight excluding hydrogens is 298 g/mol. The second-order valence-electron chi connectivity index (χ2n) is 3.61. The van der Waals surface area contributed by atoms with Crippen LogP contribution in [0.3, 0.4) is 0 Å². The first-order chi connectivity index (χ1) is 8.61. The van der Waals surface area contributed by atoms with Crippen molar-refractivity contribution in [1.82, 2.24) is 9.78 Å². The van der Waals surface area contributed by atoms with Crippen molar-refractivity contribution in [3.63, 3.8) is 0 Å². The highest BCUT2D eigenvalue weighted by Crippen LogP contribution is 2.20. The predicted molar refractivity (Wildman–Crippen MR) is 71.4 cm³/mol. The molecule has 0 aliphatic carbocycles. The number of aryl methyl sites for hydroxylation is 1. The molecular formula is C12H12BrN3O2. The SMILES string of the molecule is CCn1ncc(N)c1C(=O)Oc1cccc(Br)c1. The summed E-state index contributed by atoms with van der Waals surface area (Å²) in [5.74, 6) is -0.0532. The van der Waals surface area contributed by atoms with Gasteiger partial charge in [0.1, 0.15) is 5.75 Å². The molecule has 2 aromatic rings. The third-order valence-corrected chi connectivity index (χ3v) is 2.86. The molecule has 0 fully saturated rings. The molecule has 94 valence electrons. The summed E-state index contributed by atoms with van der Waals surface area (Å²) in [7, 11) is 0. The number of carbonyl (C=O) groups is 1. The summed E-state index contributed by atoms with van der Waals surface area (Å²) < 4.78 is 7.60. The minimum Gasteiger partial charge on any atom is -0.422 e. The lowest BCUT2D eigenvalue weighted by Gasteiger charge is -2.06. The fraction of sp³-hybridized carbons (Fsp3) is 0.167. The van der Waals surface area contributed by atoms with Crippen molar-refractivity contribution in [3.05, 3.63) is 40.6 Å². The molecule has 1 aromatic carbocycles. The molecule has 18 heavy (non-hydrogen) atoms. The van der Waals surface area contributed by atoms with E-state index in [9.17, 15) is 4.79 Å². The largest absolute Gasteiger partial charge is 0.422 e. The highest BCUT2D eigenvalue weighted by atomic mass is 79.9. The zero-order chi connectivity index (χ0) is 13.1. The molecule has 5 nitrogen and oxygen atoms in total. The maximum absolute atomic E-state index is 12.0. The molecule has 1 heterocycles. The molecule has 0 aliphatic heterocycles. The minimum atomic E-state index is -0.509. The monoisotopic (exact) mass is 309 g/mol. The number of nitrogens with two attached hydrogens (primary N) is 1. The Kier molecular flexibility index (Phi) is 3.66. The summed E-state index contributed by atoms with van der Waals surface area (Å²) in [5.41, 5.74) is 6.30. The van der Waals surface area contributed by atoms with Gasteiger partial charge in [-0.05, 0) is 25.1 Å². The van der Waals surface area contributed by atoms with E-state index < -0.39 is 5.97 Å². The Balaban J connectivity index is 2.24. The first-order valence-corrected chi connectivity index (χ1v) is 6.20. The molecule has 6 heteroatoms. The van der Waals surface area contributed by atoms with Crippen molar-refractivity contribution in [2.24, 2.45) is 0 Å². The number of hydrogen-bond acceptors (Lipinski definition) is 4. The second kappa shape index (κ2) is 5.22. The van der Waals surface area contributed by atoms with Crippen molar-refractivity contribution in [3.8, 4) is 5.75 Å². The molecule has 0 atom stereocenters. The standard InChI is InChI=1S/C12H12BrN3O2/c1-2-16-11(10(14)7-15-16)12(17)18-9-5-3-4-8(13)6-9/h3-7H,2,14H2,1H3. The van der Waals surface area contributed by atoms with Gasteiger partial charge >= 0.3 is 5.97 Å². The summed E-state index contributed by atoms with van der Waals surface area (Å²) in [6, 6.07) is 7.04. The van der Waals surface area contributed by atoms with Crippen LogP contribution in [0.5, 0.6) is 5.75 Å². The van der Waals surface area contributed by atoms with E-state index in [-0.39, 0.29) is 5.69 Å². The third kappa shape index (κ3) is 2.53. The van der Waals surface area contributed by atoms with Crippen LogP contribution in [0, 0.1) is 0 Å². The Morgan fingerprint density at radius 3 is 3.00 bits per heavy atom. The average molecular weight is 310 g/mol. The van der Waals surface area contributed by atoms with E-state index in [2.05, 4.69) is 21.0 Å². The summed E-state index contributed by atoms with van der Waals surface area (Å²) in [6.45, 7) is 2.43. The minimum absolute atomic E-state index is 0.275. The van der Waals surface area contributed by atoms with Gasteiger partial charge in [-0.15, -0.1) is 0 Å². The maximum Gasteiger partial charge on any atom is 0.364 e. The van der Waals surface area contributed by atoms with Gasteiger partial charge in [-0.25, -0.2) is 4.79 Å². The second-order valence-corrected chi connectivity index (χ2v) is 4.53. The van der Waals surface area contributed by atoms with Crippen LogP contribution in [0.1, 0.15) is 17.4 Å². The molecule has 0 unspecified atom stereocenters. The maximum atomic E-state index is 12.0. The van der Waals surface area contributed by atoms with Gasteiger partial charge in [0.2, 0.25) is 0 Å². The Bertz CT molecular complexity index is 580. The zero-order valence-corrected chi connectivity index (χ0v) is 11.3. The zero-order valence-electron chi connectivity index (χ0n) is 9.76. The summed E-state index contributed by atoms with van der Waals surface area (Å²) in [5, 5.41) is 4.00. The molecule has 0 bridgehead atoms. The van der Waals surface area contributed by atoms with Crippen LogP contribution in [-0.2, 0) is 6.54 Å². The van der Waals surface area contributed by atoms with Crippen LogP contribution in [-0.4, -0.2) is 15.7 Å². The number of ether oxygens (including phenoxy) is 1. The third-order valence-electron chi connectivity index (χ3n) is 2.37. The molecule has 0 amide bonds. The Morgan fingerprint density at radius 2 is 2.33 bits per heavy atom. The average Bonchev–Trinajstić information content (AvgIpc) is 2.70. The number of esters is 1. The lowest BCUT2D eigenvalue weighted by molar-refractivity contribution is 0.0723. The number of benzene rings is 1. The fourth-order valence-electron chi connectivity index (χ4n) is 1.55. The molecule has 0 saturated carbocycles. The van der Waals surface area contributed by atoms with E-state index >= 15 is 0 Å². The molecule has 2 rings (SSSR count). The fourth-order valence-corrected chi connectivity index (χ4v) is 1.93. The van der Waals surface area contributed by atoms with Gasteiger partial charge < -0.3 is 10.5 Å². The Labute approximate surface area is 113 Å². The molecule has 0 radical (unpaired) electrons. The number of nitrogens with zero attached hydrogens (tertiary/aromatic N) is 2. The quantitative estimate of drug-likeness (QED) is 0.698. The van der Waals surface area contributed by atoms with Gasteiger partial charge in [0.15, 0.2) is 5.69 Å². The molecule has 0 aliphatic rings. The van der Waals surface area contributed by atoms with Gasteiger partial charge in [-0.1, -0.05) is 22.0 Å².